The fourth-order valence-electron chi connectivity index (χ4n) is 1.09. The van der Waals surface area contributed by atoms with Crippen LogP contribution in [0, 0.1) is 3.57 Å². The van der Waals surface area contributed by atoms with E-state index in [-0.39, 0.29) is 12.6 Å². The lowest BCUT2D eigenvalue weighted by molar-refractivity contribution is 0.276. The number of halogens is 2. The Morgan fingerprint density at radius 3 is 2.85 bits per heavy atom. The van der Waals surface area contributed by atoms with Gasteiger partial charge in [-0.25, -0.2) is 0 Å². The molecular formula is C9H11BrINO. The fourth-order valence-corrected chi connectivity index (χ4v) is 2.15. The minimum atomic E-state index is -0.0888. The Kier molecular flexibility index (Phi) is 4.64. The number of aliphatic hydroxyl groups is 1. The number of nitrogens with two attached hydrogens (primary N) is 1. The Bertz CT molecular complexity index is 293. The van der Waals surface area contributed by atoms with E-state index in [9.17, 15) is 0 Å². The summed E-state index contributed by atoms with van der Waals surface area (Å²) in [4.78, 5) is 0. The van der Waals surface area contributed by atoms with Gasteiger partial charge in [-0.1, -0.05) is 15.9 Å². The van der Waals surface area contributed by atoms with E-state index < -0.39 is 0 Å². The summed E-state index contributed by atoms with van der Waals surface area (Å²) in [6.07, 6.45) is 0.596. The van der Waals surface area contributed by atoms with E-state index in [1.807, 2.05) is 18.2 Å². The molecule has 0 aliphatic carbocycles. The van der Waals surface area contributed by atoms with Crippen LogP contribution in [0.15, 0.2) is 22.7 Å². The summed E-state index contributed by atoms with van der Waals surface area (Å²) in [6, 6.07) is 5.94. The van der Waals surface area contributed by atoms with E-state index in [0.717, 1.165) is 13.6 Å². The van der Waals surface area contributed by atoms with Crippen molar-refractivity contribution >= 4 is 38.5 Å². The smallest absolute Gasteiger partial charge is 0.0449 e. The summed E-state index contributed by atoms with van der Waals surface area (Å²) in [5, 5.41) is 8.76. The Morgan fingerprint density at radius 1 is 1.54 bits per heavy atom. The van der Waals surface area contributed by atoms with E-state index in [1.165, 1.54) is 0 Å². The third-order valence-electron chi connectivity index (χ3n) is 1.80. The maximum Gasteiger partial charge on any atom is 0.0449 e. The maximum atomic E-state index is 8.76. The molecule has 0 saturated carbocycles. The molecule has 0 amide bonds. The molecule has 72 valence electrons. The molecule has 1 aromatic carbocycles. The van der Waals surface area contributed by atoms with Crippen LogP contribution in [-0.4, -0.2) is 11.7 Å². The van der Waals surface area contributed by atoms with Gasteiger partial charge in [0.25, 0.3) is 0 Å². The highest BCUT2D eigenvalue weighted by atomic mass is 127. The molecule has 1 atom stereocenters. The zero-order valence-corrected chi connectivity index (χ0v) is 10.7. The normalized spacial score (nSPS) is 12.9. The molecule has 1 aromatic rings. The molecule has 0 bridgehead atoms. The van der Waals surface area contributed by atoms with Gasteiger partial charge in [0.2, 0.25) is 0 Å². The van der Waals surface area contributed by atoms with E-state index in [1.54, 1.807) is 0 Å². The highest BCUT2D eigenvalue weighted by Gasteiger charge is 2.09. The molecule has 0 aromatic heterocycles. The molecule has 0 saturated heterocycles. The Hall–Kier alpha value is 0.350. The third kappa shape index (κ3) is 3.19. The molecule has 13 heavy (non-hydrogen) atoms. The van der Waals surface area contributed by atoms with Crippen LogP contribution in [0.5, 0.6) is 0 Å². The first kappa shape index (κ1) is 11.4. The molecule has 4 heteroatoms. The topological polar surface area (TPSA) is 46.2 Å². The quantitative estimate of drug-likeness (QED) is 0.818. The summed E-state index contributed by atoms with van der Waals surface area (Å²) in [5.74, 6) is 0. The molecule has 0 fully saturated rings. The number of rotatable bonds is 3. The Balaban J connectivity index is 2.91. The average Bonchev–Trinajstić information content (AvgIpc) is 2.09. The highest BCUT2D eigenvalue weighted by molar-refractivity contribution is 14.1. The van der Waals surface area contributed by atoms with Crippen LogP contribution in [0.1, 0.15) is 18.0 Å². The van der Waals surface area contributed by atoms with Crippen molar-refractivity contribution in [3.63, 3.8) is 0 Å². The van der Waals surface area contributed by atoms with Crippen molar-refractivity contribution in [3.05, 3.63) is 31.8 Å². The van der Waals surface area contributed by atoms with Gasteiger partial charge in [0.15, 0.2) is 0 Å². The number of benzene rings is 1. The van der Waals surface area contributed by atoms with Crippen molar-refractivity contribution in [1.82, 2.24) is 0 Å². The minimum Gasteiger partial charge on any atom is -0.396 e. The molecule has 0 spiro atoms. The summed E-state index contributed by atoms with van der Waals surface area (Å²) in [6.45, 7) is 0.124. The van der Waals surface area contributed by atoms with Crippen molar-refractivity contribution in [2.45, 2.75) is 12.5 Å². The lowest BCUT2D eigenvalue weighted by Gasteiger charge is -2.12. The average molecular weight is 356 g/mol. The predicted molar refractivity (Wildman–Crippen MR) is 65.5 cm³/mol. The number of hydrogen-bond donors (Lipinski definition) is 2. The van der Waals surface area contributed by atoms with Crippen molar-refractivity contribution in [2.75, 3.05) is 6.61 Å². The maximum absolute atomic E-state index is 8.76. The fraction of sp³-hybridized carbons (Fsp3) is 0.333. The summed E-state index contributed by atoms with van der Waals surface area (Å²) >= 11 is 5.68. The summed E-state index contributed by atoms with van der Waals surface area (Å²) < 4.78 is 2.16. The molecule has 0 heterocycles. The molecule has 0 aliphatic rings. The lowest BCUT2D eigenvalue weighted by atomic mass is 10.1. The highest BCUT2D eigenvalue weighted by Crippen LogP contribution is 2.25. The van der Waals surface area contributed by atoms with Crippen LogP contribution in [-0.2, 0) is 0 Å². The second kappa shape index (κ2) is 5.29. The molecule has 0 aliphatic heterocycles. The monoisotopic (exact) mass is 355 g/mol. The zero-order valence-electron chi connectivity index (χ0n) is 7.00. The van der Waals surface area contributed by atoms with E-state index in [2.05, 4.69) is 38.5 Å². The molecular weight excluding hydrogens is 345 g/mol. The van der Waals surface area contributed by atoms with Gasteiger partial charge in [0.05, 0.1) is 0 Å². The van der Waals surface area contributed by atoms with Crippen LogP contribution in [0.2, 0.25) is 0 Å². The Morgan fingerprint density at radius 2 is 2.23 bits per heavy atom. The standard InChI is InChI=1S/C9H11BrINO/c10-8-2-1-6(11)5-7(8)9(12)3-4-13/h1-2,5,9,13H,3-4,12H2. The third-order valence-corrected chi connectivity index (χ3v) is 3.19. The van der Waals surface area contributed by atoms with Crippen LogP contribution in [0.4, 0.5) is 0 Å². The van der Waals surface area contributed by atoms with Crippen molar-refractivity contribution in [3.8, 4) is 0 Å². The largest absolute Gasteiger partial charge is 0.396 e. The predicted octanol–water partition coefficient (Wildman–Crippen LogP) is 2.44. The minimum absolute atomic E-state index is 0.0888. The number of hydrogen-bond acceptors (Lipinski definition) is 2. The number of aliphatic hydroxyl groups excluding tert-OH is 1. The zero-order chi connectivity index (χ0) is 9.84. The van der Waals surface area contributed by atoms with Gasteiger partial charge in [-0.15, -0.1) is 0 Å². The van der Waals surface area contributed by atoms with Crippen molar-refractivity contribution in [1.29, 1.82) is 0 Å². The molecule has 2 nitrogen and oxygen atoms in total. The molecule has 1 rings (SSSR count). The molecule has 3 N–H and O–H groups in total. The first-order chi connectivity index (χ1) is 6.15. The van der Waals surface area contributed by atoms with Crippen LogP contribution in [0.3, 0.4) is 0 Å². The van der Waals surface area contributed by atoms with Crippen molar-refractivity contribution < 1.29 is 5.11 Å². The van der Waals surface area contributed by atoms with Gasteiger partial charge in [-0.3, -0.25) is 0 Å². The lowest BCUT2D eigenvalue weighted by Crippen LogP contribution is -2.12. The first-order valence-electron chi connectivity index (χ1n) is 3.96. The van der Waals surface area contributed by atoms with Gasteiger partial charge in [0, 0.05) is 20.7 Å². The SMILES string of the molecule is NC(CCO)c1cc(I)ccc1Br. The van der Waals surface area contributed by atoms with Crippen LogP contribution < -0.4 is 5.73 Å². The second-order valence-electron chi connectivity index (χ2n) is 2.78. The van der Waals surface area contributed by atoms with E-state index in [0.29, 0.717) is 6.42 Å². The van der Waals surface area contributed by atoms with Gasteiger partial charge < -0.3 is 10.8 Å². The second-order valence-corrected chi connectivity index (χ2v) is 4.88. The Labute approximate surface area is 99.8 Å². The summed E-state index contributed by atoms with van der Waals surface area (Å²) in [5.41, 5.74) is 6.94. The van der Waals surface area contributed by atoms with E-state index in [4.69, 9.17) is 10.8 Å². The van der Waals surface area contributed by atoms with Crippen LogP contribution >= 0.6 is 38.5 Å². The van der Waals surface area contributed by atoms with Gasteiger partial charge in [-0.2, -0.15) is 0 Å². The van der Waals surface area contributed by atoms with Crippen LogP contribution in [0.25, 0.3) is 0 Å². The van der Waals surface area contributed by atoms with Crippen molar-refractivity contribution in [2.24, 2.45) is 5.73 Å². The summed E-state index contributed by atoms with van der Waals surface area (Å²) in [7, 11) is 0. The first-order valence-corrected chi connectivity index (χ1v) is 5.83. The van der Waals surface area contributed by atoms with E-state index >= 15 is 0 Å². The molecule has 0 radical (unpaired) electrons. The van der Waals surface area contributed by atoms with Gasteiger partial charge in [-0.05, 0) is 52.8 Å². The van der Waals surface area contributed by atoms with Gasteiger partial charge in [0.1, 0.15) is 0 Å². The van der Waals surface area contributed by atoms with Gasteiger partial charge >= 0.3 is 0 Å². The molecule has 1 unspecified atom stereocenters.